The number of nitrogens with one attached hydrogen (secondary N) is 1. The van der Waals surface area contributed by atoms with E-state index in [0.29, 0.717) is 6.04 Å². The normalized spacial score (nSPS) is 12.4. The fraction of sp³-hybridized carbons (Fsp3) is 0.368. The molecule has 1 atom stereocenters. The topological polar surface area (TPSA) is 12.0 Å². The summed E-state index contributed by atoms with van der Waals surface area (Å²) >= 11 is 3.59. The zero-order valence-electron chi connectivity index (χ0n) is 13.1. The average Bonchev–Trinajstić information content (AvgIpc) is 2.48. The minimum atomic E-state index is 0.374. The smallest absolute Gasteiger partial charge is 0.0360 e. The van der Waals surface area contributed by atoms with Gasteiger partial charge in [-0.05, 0) is 56.0 Å². The molecule has 0 saturated heterocycles. The zero-order valence-corrected chi connectivity index (χ0v) is 14.7. The van der Waals surface area contributed by atoms with E-state index in [1.54, 1.807) is 0 Å². The van der Waals surface area contributed by atoms with Gasteiger partial charge in [-0.15, -0.1) is 0 Å². The third kappa shape index (κ3) is 4.69. The molecule has 0 spiro atoms. The Labute approximate surface area is 136 Å². The molecule has 1 unspecified atom stereocenters. The fourth-order valence-corrected chi connectivity index (χ4v) is 2.72. The number of rotatable bonds is 6. The largest absolute Gasteiger partial charge is 0.310 e. The Kier molecular flexibility index (Phi) is 6.01. The molecule has 1 nitrogen and oxygen atoms in total. The molecule has 21 heavy (non-hydrogen) atoms. The lowest BCUT2D eigenvalue weighted by atomic mass is 9.97. The Balaban J connectivity index is 2.20. The van der Waals surface area contributed by atoms with Gasteiger partial charge in [-0.3, -0.25) is 0 Å². The highest BCUT2D eigenvalue weighted by atomic mass is 79.9. The van der Waals surface area contributed by atoms with E-state index in [0.717, 1.165) is 19.4 Å². The van der Waals surface area contributed by atoms with Crippen LogP contribution < -0.4 is 5.32 Å². The maximum Gasteiger partial charge on any atom is 0.0360 e. The Morgan fingerprint density at radius 1 is 1.05 bits per heavy atom. The van der Waals surface area contributed by atoms with Crippen molar-refractivity contribution in [2.24, 2.45) is 0 Å². The molecular formula is C19H24BrN. The maximum absolute atomic E-state index is 3.68. The van der Waals surface area contributed by atoms with Gasteiger partial charge in [-0.25, -0.2) is 0 Å². The van der Waals surface area contributed by atoms with Crippen LogP contribution in [0.15, 0.2) is 46.9 Å². The minimum absolute atomic E-state index is 0.374. The van der Waals surface area contributed by atoms with Gasteiger partial charge in [0.2, 0.25) is 0 Å². The van der Waals surface area contributed by atoms with Gasteiger partial charge < -0.3 is 5.32 Å². The third-order valence-electron chi connectivity index (χ3n) is 3.79. The maximum atomic E-state index is 3.68. The number of aryl methyl sites for hydroxylation is 2. The molecule has 0 aliphatic carbocycles. The van der Waals surface area contributed by atoms with Crippen molar-refractivity contribution < 1.29 is 0 Å². The first-order valence-corrected chi connectivity index (χ1v) is 8.44. The van der Waals surface area contributed by atoms with E-state index in [-0.39, 0.29) is 0 Å². The van der Waals surface area contributed by atoms with Gasteiger partial charge in [0.1, 0.15) is 0 Å². The standard InChI is InChI=1S/C19H24BrN/c1-4-11-21-19(13-16-7-5-14(2)6-8-16)17-9-10-18(20)15(3)12-17/h5-10,12,19,21H,4,11,13H2,1-3H3. The first-order chi connectivity index (χ1) is 10.1. The zero-order chi connectivity index (χ0) is 15.2. The van der Waals surface area contributed by atoms with E-state index >= 15 is 0 Å². The predicted molar refractivity (Wildman–Crippen MR) is 94.8 cm³/mol. The third-order valence-corrected chi connectivity index (χ3v) is 4.68. The SMILES string of the molecule is CCCNC(Cc1ccc(C)cc1)c1ccc(Br)c(C)c1. The molecule has 1 N–H and O–H groups in total. The van der Waals surface area contributed by atoms with Gasteiger partial charge >= 0.3 is 0 Å². The molecule has 0 aliphatic heterocycles. The van der Waals surface area contributed by atoms with Crippen molar-refractivity contribution >= 4 is 15.9 Å². The Morgan fingerprint density at radius 2 is 1.76 bits per heavy atom. The van der Waals surface area contributed by atoms with Gasteiger partial charge in [0.15, 0.2) is 0 Å². The first kappa shape index (κ1) is 16.3. The highest BCUT2D eigenvalue weighted by Gasteiger charge is 2.12. The summed E-state index contributed by atoms with van der Waals surface area (Å²) in [5.74, 6) is 0. The summed E-state index contributed by atoms with van der Waals surface area (Å²) in [6.07, 6.45) is 2.18. The summed E-state index contributed by atoms with van der Waals surface area (Å²) in [6, 6.07) is 15.9. The van der Waals surface area contributed by atoms with Crippen LogP contribution in [0.1, 0.15) is 41.6 Å². The monoisotopic (exact) mass is 345 g/mol. The van der Waals surface area contributed by atoms with Crippen molar-refractivity contribution in [3.63, 3.8) is 0 Å². The lowest BCUT2D eigenvalue weighted by Gasteiger charge is -2.20. The second-order valence-corrected chi connectivity index (χ2v) is 6.56. The summed E-state index contributed by atoms with van der Waals surface area (Å²) in [5, 5.41) is 3.68. The first-order valence-electron chi connectivity index (χ1n) is 7.65. The molecule has 2 aromatic rings. The molecule has 0 radical (unpaired) electrons. The van der Waals surface area contributed by atoms with Gasteiger partial charge in [0.05, 0.1) is 0 Å². The molecule has 0 heterocycles. The number of hydrogen-bond donors (Lipinski definition) is 1. The van der Waals surface area contributed by atoms with Crippen molar-refractivity contribution in [1.29, 1.82) is 0 Å². The van der Waals surface area contributed by atoms with E-state index in [9.17, 15) is 0 Å². The fourth-order valence-electron chi connectivity index (χ4n) is 2.47. The molecule has 0 fully saturated rings. The van der Waals surface area contributed by atoms with E-state index in [1.165, 1.54) is 26.7 Å². The summed E-state index contributed by atoms with van der Waals surface area (Å²) in [6.45, 7) is 7.54. The average molecular weight is 346 g/mol. The van der Waals surface area contributed by atoms with Crippen LogP contribution in [0.5, 0.6) is 0 Å². The highest BCUT2D eigenvalue weighted by molar-refractivity contribution is 9.10. The van der Waals surface area contributed by atoms with E-state index < -0.39 is 0 Å². The van der Waals surface area contributed by atoms with Crippen LogP contribution in [0.2, 0.25) is 0 Å². The molecule has 0 amide bonds. The minimum Gasteiger partial charge on any atom is -0.310 e. The van der Waals surface area contributed by atoms with Crippen LogP contribution in [0.4, 0.5) is 0 Å². The second kappa shape index (κ2) is 7.77. The molecule has 0 saturated carbocycles. The van der Waals surface area contributed by atoms with Crippen molar-refractivity contribution in [3.05, 3.63) is 69.2 Å². The summed E-state index contributed by atoms with van der Waals surface area (Å²) in [5.41, 5.74) is 5.36. The summed E-state index contributed by atoms with van der Waals surface area (Å²) in [4.78, 5) is 0. The number of halogens is 1. The molecular weight excluding hydrogens is 322 g/mol. The molecule has 2 rings (SSSR count). The van der Waals surface area contributed by atoms with Crippen LogP contribution in [-0.4, -0.2) is 6.54 Å². The summed E-state index contributed by atoms with van der Waals surface area (Å²) < 4.78 is 1.18. The Hall–Kier alpha value is -1.12. The lowest BCUT2D eigenvalue weighted by molar-refractivity contribution is 0.529. The second-order valence-electron chi connectivity index (χ2n) is 5.71. The van der Waals surface area contributed by atoms with Crippen LogP contribution in [0.25, 0.3) is 0 Å². The molecule has 0 aliphatic rings. The van der Waals surface area contributed by atoms with Gasteiger partial charge in [0, 0.05) is 10.5 Å². The van der Waals surface area contributed by atoms with Crippen LogP contribution >= 0.6 is 15.9 Å². The van der Waals surface area contributed by atoms with Gasteiger partial charge in [-0.2, -0.15) is 0 Å². The molecule has 2 aromatic carbocycles. The predicted octanol–water partition coefficient (Wildman–Crippen LogP) is 5.35. The number of hydrogen-bond acceptors (Lipinski definition) is 1. The summed E-state index contributed by atoms with van der Waals surface area (Å²) in [7, 11) is 0. The molecule has 0 aromatic heterocycles. The van der Waals surface area contributed by atoms with Crippen LogP contribution in [-0.2, 0) is 6.42 Å². The van der Waals surface area contributed by atoms with Crippen molar-refractivity contribution in [2.45, 2.75) is 39.7 Å². The van der Waals surface area contributed by atoms with Crippen molar-refractivity contribution in [1.82, 2.24) is 5.32 Å². The molecule has 112 valence electrons. The quantitative estimate of drug-likeness (QED) is 0.743. The van der Waals surface area contributed by atoms with E-state index in [2.05, 4.69) is 84.5 Å². The Bertz CT molecular complexity index is 575. The van der Waals surface area contributed by atoms with Gasteiger partial charge in [0.25, 0.3) is 0 Å². The molecule has 2 heteroatoms. The van der Waals surface area contributed by atoms with Gasteiger partial charge in [-0.1, -0.05) is 64.8 Å². The van der Waals surface area contributed by atoms with Crippen molar-refractivity contribution in [3.8, 4) is 0 Å². The van der Waals surface area contributed by atoms with Crippen molar-refractivity contribution in [2.75, 3.05) is 6.54 Å². The van der Waals surface area contributed by atoms with E-state index in [1.807, 2.05) is 0 Å². The van der Waals surface area contributed by atoms with Crippen LogP contribution in [0.3, 0.4) is 0 Å². The molecule has 0 bridgehead atoms. The number of benzene rings is 2. The lowest BCUT2D eigenvalue weighted by Crippen LogP contribution is -2.24. The van der Waals surface area contributed by atoms with Crippen LogP contribution in [0, 0.1) is 13.8 Å². The highest BCUT2D eigenvalue weighted by Crippen LogP contribution is 2.24. The van der Waals surface area contributed by atoms with E-state index in [4.69, 9.17) is 0 Å². The Morgan fingerprint density at radius 3 is 2.38 bits per heavy atom.